The largest absolute Gasteiger partial charge is 0.386 e. The molecule has 1 aliphatic heterocycles. The minimum Gasteiger partial charge on any atom is -0.386 e. The third-order valence-corrected chi connectivity index (χ3v) is 3.47. The molecule has 4 rings (SSSR count). The zero-order valence-electron chi connectivity index (χ0n) is 11.4. The molecule has 0 saturated heterocycles. The number of nitrogens with zero attached hydrogens (tertiary/aromatic N) is 3. The topological polar surface area (TPSA) is 77.0 Å². The Morgan fingerprint density at radius 3 is 3.09 bits per heavy atom. The van der Waals surface area contributed by atoms with Crippen molar-refractivity contribution in [3.8, 4) is 6.07 Å². The van der Waals surface area contributed by atoms with Gasteiger partial charge in [-0.25, -0.2) is 9.99 Å². The van der Waals surface area contributed by atoms with Crippen molar-refractivity contribution >= 4 is 22.5 Å². The van der Waals surface area contributed by atoms with E-state index >= 15 is 0 Å². The summed E-state index contributed by atoms with van der Waals surface area (Å²) < 4.78 is 0. The van der Waals surface area contributed by atoms with Crippen molar-refractivity contribution in [3.63, 3.8) is 0 Å². The van der Waals surface area contributed by atoms with Crippen LogP contribution in [0.15, 0.2) is 55.0 Å². The van der Waals surface area contributed by atoms with E-state index in [1.807, 2.05) is 36.7 Å². The van der Waals surface area contributed by atoms with Crippen molar-refractivity contribution in [2.45, 2.75) is 0 Å². The summed E-state index contributed by atoms with van der Waals surface area (Å²) in [6, 6.07) is 13.3. The molecule has 0 aliphatic carbocycles. The van der Waals surface area contributed by atoms with Crippen LogP contribution < -0.4 is 10.6 Å². The molecule has 0 saturated carbocycles. The summed E-state index contributed by atoms with van der Waals surface area (Å²) in [6.45, 7) is 0. The molecule has 0 spiro atoms. The summed E-state index contributed by atoms with van der Waals surface area (Å²) in [5.74, 6) is 0.651. The van der Waals surface area contributed by atoms with E-state index < -0.39 is 0 Å². The number of pyridine rings is 1. The Hall–Kier alpha value is -3.30. The second kappa shape index (κ2) is 4.91. The molecule has 22 heavy (non-hydrogen) atoms. The minimum atomic E-state index is 0.595. The number of hydrazine groups is 1. The van der Waals surface area contributed by atoms with E-state index in [2.05, 4.69) is 21.6 Å². The molecule has 3 heterocycles. The lowest BCUT2D eigenvalue weighted by molar-refractivity contribution is 0.180. The molecule has 2 aromatic heterocycles. The number of hydrogen-bond donors (Lipinski definition) is 2. The van der Waals surface area contributed by atoms with Crippen LogP contribution >= 0.6 is 0 Å². The predicted molar refractivity (Wildman–Crippen MR) is 81.9 cm³/mol. The highest BCUT2D eigenvalue weighted by Gasteiger charge is 2.19. The molecule has 0 radical (unpaired) electrons. The van der Waals surface area contributed by atoms with Gasteiger partial charge >= 0.3 is 0 Å². The zero-order chi connectivity index (χ0) is 14.9. The van der Waals surface area contributed by atoms with Gasteiger partial charge in [0.05, 0.1) is 23.5 Å². The first-order valence-electron chi connectivity index (χ1n) is 6.71. The Morgan fingerprint density at radius 2 is 2.18 bits per heavy atom. The van der Waals surface area contributed by atoms with Crippen molar-refractivity contribution in [1.29, 1.82) is 5.26 Å². The van der Waals surface area contributed by atoms with Gasteiger partial charge in [0.1, 0.15) is 5.65 Å². The predicted octanol–water partition coefficient (Wildman–Crippen LogP) is 2.69. The first kappa shape index (κ1) is 12.4. The maximum Gasteiger partial charge on any atom is 0.174 e. The lowest BCUT2D eigenvalue weighted by Gasteiger charge is -2.14. The molecule has 1 aliphatic rings. The Labute approximate surface area is 126 Å². The normalized spacial score (nSPS) is 13.8. The summed E-state index contributed by atoms with van der Waals surface area (Å²) in [5.41, 5.74) is 6.03. The van der Waals surface area contributed by atoms with E-state index in [0.717, 1.165) is 22.3 Å². The summed E-state index contributed by atoms with van der Waals surface area (Å²) in [5, 5.41) is 11.8. The number of hydrogen-bond acceptors (Lipinski definition) is 5. The van der Waals surface area contributed by atoms with Crippen LogP contribution in [0.1, 0.15) is 11.1 Å². The van der Waals surface area contributed by atoms with E-state index in [1.54, 1.807) is 23.3 Å². The second-order valence-electron chi connectivity index (χ2n) is 4.82. The first-order valence-corrected chi connectivity index (χ1v) is 6.71. The van der Waals surface area contributed by atoms with Crippen LogP contribution in [0.4, 0.5) is 5.69 Å². The first-order chi connectivity index (χ1) is 10.8. The van der Waals surface area contributed by atoms with Crippen molar-refractivity contribution < 1.29 is 4.84 Å². The molecule has 6 heteroatoms. The Bertz CT molecular complexity index is 921. The number of fused-ring (bicyclic) bond motifs is 1. The lowest BCUT2D eigenvalue weighted by atomic mass is 10.1. The highest BCUT2D eigenvalue weighted by atomic mass is 16.7. The minimum absolute atomic E-state index is 0.595. The van der Waals surface area contributed by atoms with Gasteiger partial charge in [-0.1, -0.05) is 17.7 Å². The van der Waals surface area contributed by atoms with Crippen molar-refractivity contribution in [3.05, 3.63) is 66.1 Å². The van der Waals surface area contributed by atoms with Gasteiger partial charge in [0.2, 0.25) is 0 Å². The third kappa shape index (κ3) is 1.97. The van der Waals surface area contributed by atoms with Crippen molar-refractivity contribution in [2.24, 2.45) is 0 Å². The third-order valence-electron chi connectivity index (χ3n) is 3.47. The Kier molecular flexibility index (Phi) is 2.78. The van der Waals surface area contributed by atoms with E-state index in [0.29, 0.717) is 11.3 Å². The van der Waals surface area contributed by atoms with Gasteiger partial charge < -0.3 is 9.82 Å². The highest BCUT2D eigenvalue weighted by Crippen LogP contribution is 2.29. The fourth-order valence-corrected chi connectivity index (χ4v) is 2.42. The molecule has 0 bridgehead atoms. The summed E-state index contributed by atoms with van der Waals surface area (Å²) in [4.78, 5) is 12.9. The van der Waals surface area contributed by atoms with Crippen molar-refractivity contribution in [1.82, 2.24) is 15.6 Å². The summed E-state index contributed by atoms with van der Waals surface area (Å²) in [7, 11) is 0. The molecule has 106 valence electrons. The van der Waals surface area contributed by atoms with Crippen LogP contribution in [0.25, 0.3) is 16.8 Å². The number of nitriles is 1. The van der Waals surface area contributed by atoms with Gasteiger partial charge in [-0.2, -0.15) is 5.26 Å². The number of benzene rings is 1. The smallest absolute Gasteiger partial charge is 0.174 e. The van der Waals surface area contributed by atoms with Gasteiger partial charge in [0.25, 0.3) is 0 Å². The number of aromatic amines is 1. The van der Waals surface area contributed by atoms with Gasteiger partial charge in [-0.3, -0.25) is 0 Å². The molecular weight excluding hydrogens is 278 g/mol. The average Bonchev–Trinajstić information content (AvgIpc) is 3.23. The highest BCUT2D eigenvalue weighted by molar-refractivity contribution is 5.90. The number of rotatable bonds is 2. The van der Waals surface area contributed by atoms with Crippen LogP contribution in [-0.2, 0) is 4.84 Å². The van der Waals surface area contributed by atoms with Gasteiger partial charge in [-0.05, 0) is 24.3 Å². The Balaban J connectivity index is 1.73. The SMILES string of the molecule is N#Cc1cccc(C2=CN(c3ccnc4[nH]ccc34)NO2)c1. The van der Waals surface area contributed by atoms with Gasteiger partial charge in [0, 0.05) is 23.3 Å². The van der Waals surface area contributed by atoms with Gasteiger partial charge in [0.15, 0.2) is 5.76 Å². The molecule has 0 atom stereocenters. The summed E-state index contributed by atoms with van der Waals surface area (Å²) in [6.07, 6.45) is 5.43. The zero-order valence-corrected chi connectivity index (χ0v) is 11.4. The molecule has 3 aromatic rings. The molecule has 0 amide bonds. The quantitative estimate of drug-likeness (QED) is 0.758. The maximum absolute atomic E-state index is 8.98. The molecule has 0 unspecified atom stereocenters. The van der Waals surface area contributed by atoms with Crippen LogP contribution in [0.5, 0.6) is 0 Å². The van der Waals surface area contributed by atoms with Crippen LogP contribution in [-0.4, -0.2) is 9.97 Å². The lowest BCUT2D eigenvalue weighted by Crippen LogP contribution is -2.27. The van der Waals surface area contributed by atoms with E-state index in [-0.39, 0.29) is 0 Å². The maximum atomic E-state index is 8.98. The van der Waals surface area contributed by atoms with E-state index in [9.17, 15) is 0 Å². The standard InChI is InChI=1S/C16H11N5O/c17-9-11-2-1-3-12(8-11)15-10-21(20-22-15)14-5-7-19-16-13(14)4-6-18-16/h1-8,10,20H,(H,18,19). The number of aromatic nitrogens is 2. The van der Waals surface area contributed by atoms with Crippen LogP contribution in [0.3, 0.4) is 0 Å². The number of H-pyrrole nitrogens is 1. The fraction of sp³-hybridized carbons (Fsp3) is 0. The molecule has 2 N–H and O–H groups in total. The molecule has 1 aromatic carbocycles. The Morgan fingerprint density at radius 1 is 1.23 bits per heavy atom. The second-order valence-corrected chi connectivity index (χ2v) is 4.82. The number of nitrogens with one attached hydrogen (secondary N) is 2. The van der Waals surface area contributed by atoms with Gasteiger partial charge in [-0.15, -0.1) is 0 Å². The summed E-state index contributed by atoms with van der Waals surface area (Å²) >= 11 is 0. The fourth-order valence-electron chi connectivity index (χ4n) is 2.42. The van der Waals surface area contributed by atoms with E-state index in [4.69, 9.17) is 10.1 Å². The average molecular weight is 289 g/mol. The number of anilines is 1. The monoisotopic (exact) mass is 289 g/mol. The molecular formula is C16H11N5O. The molecule has 0 fully saturated rings. The van der Waals surface area contributed by atoms with Crippen LogP contribution in [0, 0.1) is 11.3 Å². The van der Waals surface area contributed by atoms with E-state index in [1.165, 1.54) is 0 Å². The van der Waals surface area contributed by atoms with Crippen LogP contribution in [0.2, 0.25) is 0 Å². The molecule has 6 nitrogen and oxygen atoms in total. The van der Waals surface area contributed by atoms with Crippen molar-refractivity contribution in [2.75, 3.05) is 5.01 Å².